The zero-order valence-corrected chi connectivity index (χ0v) is 7.97. The van der Waals surface area contributed by atoms with Gasteiger partial charge in [-0.1, -0.05) is 5.16 Å². The van der Waals surface area contributed by atoms with Crippen LogP contribution in [0.4, 0.5) is 0 Å². The maximum atomic E-state index is 5.41. The van der Waals surface area contributed by atoms with E-state index in [0.717, 1.165) is 17.1 Å². The van der Waals surface area contributed by atoms with Crippen molar-refractivity contribution >= 4 is 0 Å². The molecule has 0 unspecified atom stereocenters. The van der Waals surface area contributed by atoms with Crippen LogP contribution in [0.15, 0.2) is 23.1 Å². The molecule has 0 spiro atoms. The summed E-state index contributed by atoms with van der Waals surface area (Å²) >= 11 is 0. The third-order valence-electron chi connectivity index (χ3n) is 2.03. The van der Waals surface area contributed by atoms with Gasteiger partial charge in [-0.15, -0.1) is 0 Å². The van der Waals surface area contributed by atoms with E-state index >= 15 is 0 Å². The van der Waals surface area contributed by atoms with Crippen LogP contribution in [0.5, 0.6) is 0 Å². The Morgan fingerprint density at radius 1 is 1.57 bits per heavy atom. The lowest BCUT2D eigenvalue weighted by atomic mass is 10.2. The molecule has 0 aliphatic rings. The Morgan fingerprint density at radius 2 is 2.43 bits per heavy atom. The molecule has 0 saturated carbocycles. The van der Waals surface area contributed by atoms with E-state index in [1.807, 2.05) is 17.7 Å². The first kappa shape index (κ1) is 8.96. The molecule has 0 aromatic carbocycles. The summed E-state index contributed by atoms with van der Waals surface area (Å²) in [5.41, 5.74) is 7.15. The van der Waals surface area contributed by atoms with Crippen molar-refractivity contribution in [2.75, 3.05) is 6.54 Å². The van der Waals surface area contributed by atoms with Crippen LogP contribution in [0.1, 0.15) is 5.76 Å². The van der Waals surface area contributed by atoms with Crippen LogP contribution in [0, 0.1) is 0 Å². The van der Waals surface area contributed by atoms with Crippen molar-refractivity contribution in [1.82, 2.24) is 14.7 Å². The maximum Gasteiger partial charge on any atom is 0.138 e. The molecule has 0 amide bonds. The minimum absolute atomic E-state index is 0.569. The smallest absolute Gasteiger partial charge is 0.138 e. The van der Waals surface area contributed by atoms with Gasteiger partial charge in [-0.2, -0.15) is 0 Å². The summed E-state index contributed by atoms with van der Waals surface area (Å²) in [6, 6.07) is 1.89. The Kier molecular flexibility index (Phi) is 2.32. The summed E-state index contributed by atoms with van der Waals surface area (Å²) in [5.74, 6) is 0.809. The topological polar surface area (TPSA) is 69.9 Å². The van der Waals surface area contributed by atoms with Gasteiger partial charge < -0.3 is 14.8 Å². The molecular weight excluding hydrogens is 180 g/mol. The Labute approximate surface area is 81.5 Å². The summed E-state index contributed by atoms with van der Waals surface area (Å²) < 4.78 is 7.01. The first-order chi connectivity index (χ1) is 6.81. The van der Waals surface area contributed by atoms with Crippen LogP contribution in [0.25, 0.3) is 11.4 Å². The van der Waals surface area contributed by atoms with Gasteiger partial charge in [0, 0.05) is 19.5 Å². The highest BCUT2D eigenvalue weighted by Gasteiger charge is 2.08. The molecule has 0 radical (unpaired) electrons. The highest BCUT2D eigenvalue weighted by Crippen LogP contribution is 2.17. The average Bonchev–Trinajstić information content (AvgIpc) is 2.74. The summed E-state index contributed by atoms with van der Waals surface area (Å²) in [4.78, 5) is 4.01. The first-order valence-electron chi connectivity index (χ1n) is 4.43. The van der Waals surface area contributed by atoms with Gasteiger partial charge in [-0.25, -0.2) is 4.98 Å². The van der Waals surface area contributed by atoms with Gasteiger partial charge >= 0.3 is 0 Å². The van der Waals surface area contributed by atoms with Gasteiger partial charge in [-0.05, 0) is 6.54 Å². The van der Waals surface area contributed by atoms with Gasteiger partial charge in [-0.3, -0.25) is 0 Å². The highest BCUT2D eigenvalue weighted by molar-refractivity contribution is 5.53. The fourth-order valence-corrected chi connectivity index (χ4v) is 1.30. The predicted octanol–water partition coefficient (Wildman–Crippen LogP) is 0.576. The molecule has 2 aromatic heterocycles. The quantitative estimate of drug-likeness (QED) is 0.772. The number of rotatable bonds is 3. The number of hydrogen-bond acceptors (Lipinski definition) is 4. The van der Waals surface area contributed by atoms with Crippen LogP contribution in [-0.2, 0) is 13.5 Å². The van der Waals surface area contributed by atoms with Gasteiger partial charge in [0.1, 0.15) is 11.5 Å². The molecule has 0 aliphatic heterocycles. The van der Waals surface area contributed by atoms with E-state index in [-0.39, 0.29) is 0 Å². The Morgan fingerprint density at radius 3 is 3.07 bits per heavy atom. The number of aryl methyl sites for hydroxylation is 1. The van der Waals surface area contributed by atoms with Crippen molar-refractivity contribution in [1.29, 1.82) is 0 Å². The molecule has 0 atom stereocenters. The van der Waals surface area contributed by atoms with E-state index in [1.165, 1.54) is 0 Å². The monoisotopic (exact) mass is 192 g/mol. The van der Waals surface area contributed by atoms with Crippen molar-refractivity contribution in [2.45, 2.75) is 6.42 Å². The van der Waals surface area contributed by atoms with E-state index in [9.17, 15) is 0 Å². The van der Waals surface area contributed by atoms with Crippen LogP contribution in [-0.4, -0.2) is 21.3 Å². The molecule has 0 bridgehead atoms. The molecular formula is C9H12N4O. The number of aromatic nitrogens is 3. The summed E-state index contributed by atoms with van der Waals surface area (Å²) in [7, 11) is 1.92. The molecule has 2 rings (SSSR count). The lowest BCUT2D eigenvalue weighted by Gasteiger charge is -1.93. The Hall–Kier alpha value is -1.62. The molecule has 74 valence electrons. The van der Waals surface area contributed by atoms with E-state index < -0.39 is 0 Å². The lowest BCUT2D eigenvalue weighted by molar-refractivity contribution is 0.386. The minimum atomic E-state index is 0.569. The molecule has 2 heterocycles. The van der Waals surface area contributed by atoms with Crippen LogP contribution in [0.2, 0.25) is 0 Å². The zero-order chi connectivity index (χ0) is 9.97. The first-order valence-corrected chi connectivity index (χ1v) is 4.43. The van der Waals surface area contributed by atoms with Crippen LogP contribution < -0.4 is 5.73 Å². The average molecular weight is 192 g/mol. The molecule has 2 N–H and O–H groups in total. The van der Waals surface area contributed by atoms with Crippen molar-refractivity contribution in [3.63, 3.8) is 0 Å². The molecule has 14 heavy (non-hydrogen) atoms. The third-order valence-corrected chi connectivity index (χ3v) is 2.03. The maximum absolute atomic E-state index is 5.41. The number of hydrogen-bond donors (Lipinski definition) is 1. The van der Waals surface area contributed by atoms with Crippen molar-refractivity contribution < 1.29 is 4.52 Å². The largest absolute Gasteiger partial charge is 0.361 e. The Balaban J connectivity index is 2.29. The fourth-order valence-electron chi connectivity index (χ4n) is 1.30. The molecule has 5 heteroatoms. The highest BCUT2D eigenvalue weighted by atomic mass is 16.5. The van der Waals surface area contributed by atoms with Gasteiger partial charge in [0.15, 0.2) is 0 Å². The SMILES string of the molecule is Cn1cncc1-c1cc(CCN)on1. The molecule has 0 aliphatic carbocycles. The van der Waals surface area contributed by atoms with Gasteiger partial charge in [0.25, 0.3) is 0 Å². The lowest BCUT2D eigenvalue weighted by Crippen LogP contribution is -2.01. The third kappa shape index (κ3) is 1.54. The zero-order valence-electron chi connectivity index (χ0n) is 7.97. The molecule has 5 nitrogen and oxygen atoms in total. The number of nitrogens with zero attached hydrogens (tertiary/aromatic N) is 3. The van der Waals surface area contributed by atoms with Crippen molar-refractivity contribution in [3.05, 3.63) is 24.4 Å². The second-order valence-corrected chi connectivity index (χ2v) is 3.11. The van der Waals surface area contributed by atoms with E-state index in [1.54, 1.807) is 12.5 Å². The van der Waals surface area contributed by atoms with E-state index in [2.05, 4.69) is 10.1 Å². The molecule has 2 aromatic rings. The second-order valence-electron chi connectivity index (χ2n) is 3.11. The molecule has 0 saturated heterocycles. The minimum Gasteiger partial charge on any atom is -0.361 e. The summed E-state index contributed by atoms with van der Waals surface area (Å²) in [5, 5.41) is 3.95. The second kappa shape index (κ2) is 3.63. The van der Waals surface area contributed by atoms with Crippen molar-refractivity contribution in [3.8, 4) is 11.4 Å². The summed E-state index contributed by atoms with van der Waals surface area (Å²) in [6.07, 6.45) is 4.20. The predicted molar refractivity (Wildman–Crippen MR) is 51.5 cm³/mol. The normalized spacial score (nSPS) is 10.7. The van der Waals surface area contributed by atoms with Crippen molar-refractivity contribution in [2.24, 2.45) is 12.8 Å². The molecule has 0 fully saturated rings. The van der Waals surface area contributed by atoms with E-state index in [4.69, 9.17) is 10.3 Å². The fraction of sp³-hybridized carbons (Fsp3) is 0.333. The summed E-state index contributed by atoms with van der Waals surface area (Å²) in [6.45, 7) is 0.569. The van der Waals surface area contributed by atoms with Crippen LogP contribution in [0.3, 0.4) is 0 Å². The van der Waals surface area contributed by atoms with Crippen LogP contribution >= 0.6 is 0 Å². The number of nitrogens with two attached hydrogens (primary N) is 1. The Bertz CT molecular complexity index is 418. The van der Waals surface area contributed by atoms with Gasteiger partial charge in [0.05, 0.1) is 18.2 Å². The standard InChI is InChI=1S/C9H12N4O/c1-13-6-11-5-9(13)8-4-7(2-3-10)14-12-8/h4-6H,2-3,10H2,1H3. The van der Waals surface area contributed by atoms with Gasteiger partial charge in [0.2, 0.25) is 0 Å². The number of imidazole rings is 1. The van der Waals surface area contributed by atoms with E-state index in [0.29, 0.717) is 13.0 Å².